The molecule has 3 rings (SSSR count). The summed E-state index contributed by atoms with van der Waals surface area (Å²) in [7, 11) is 1.76. The second-order valence-corrected chi connectivity index (χ2v) is 8.15. The molecule has 28 heavy (non-hydrogen) atoms. The quantitative estimate of drug-likeness (QED) is 0.769. The van der Waals surface area contributed by atoms with Crippen LogP contribution in [0.4, 0.5) is 0 Å². The first-order valence-electron chi connectivity index (χ1n) is 9.51. The Morgan fingerprint density at radius 2 is 1.75 bits per heavy atom. The number of piperazine rings is 1. The number of benzene rings is 1. The maximum atomic E-state index is 12.6. The molecule has 1 aromatic heterocycles. The van der Waals surface area contributed by atoms with Crippen molar-refractivity contribution in [3.05, 3.63) is 29.3 Å². The first-order chi connectivity index (χ1) is 13.4. The Hall–Kier alpha value is -2.48. The summed E-state index contributed by atoms with van der Waals surface area (Å²) in [6, 6.07) is 7.78. The lowest BCUT2D eigenvalue weighted by atomic mass is 10.2. The number of fused-ring (bicyclic) bond motifs is 1. The molecular formula is C20H26N4O3S. The summed E-state index contributed by atoms with van der Waals surface area (Å²) in [5.41, 5.74) is 0.940. The number of rotatable bonds is 5. The molecule has 1 fully saturated rings. The highest BCUT2D eigenvalue weighted by atomic mass is 32.1. The minimum absolute atomic E-state index is 0.0300. The fraction of sp³-hybridized carbons (Fsp3) is 0.500. The van der Waals surface area contributed by atoms with Crippen LogP contribution in [-0.4, -0.2) is 70.6 Å². The molecule has 1 aliphatic rings. The fourth-order valence-corrected chi connectivity index (χ4v) is 4.33. The molecule has 8 heteroatoms. The van der Waals surface area contributed by atoms with Gasteiger partial charge in [-0.1, -0.05) is 12.1 Å². The molecule has 0 aliphatic carbocycles. The van der Waals surface area contributed by atoms with E-state index in [1.807, 2.05) is 31.2 Å². The van der Waals surface area contributed by atoms with Crippen LogP contribution in [0.1, 0.15) is 37.7 Å². The van der Waals surface area contributed by atoms with Crippen LogP contribution in [0.3, 0.4) is 0 Å². The summed E-state index contributed by atoms with van der Waals surface area (Å²) in [5, 5.41) is 0.892. The zero-order valence-corrected chi connectivity index (χ0v) is 17.4. The van der Waals surface area contributed by atoms with Crippen LogP contribution in [0.15, 0.2) is 24.3 Å². The van der Waals surface area contributed by atoms with E-state index in [9.17, 15) is 14.4 Å². The second kappa shape index (κ2) is 8.68. The lowest BCUT2D eigenvalue weighted by molar-refractivity contribution is -0.140. The van der Waals surface area contributed by atoms with Gasteiger partial charge in [0.15, 0.2) is 0 Å². The highest BCUT2D eigenvalue weighted by Gasteiger charge is 2.25. The third-order valence-corrected chi connectivity index (χ3v) is 6.48. The van der Waals surface area contributed by atoms with Gasteiger partial charge >= 0.3 is 0 Å². The maximum Gasteiger partial charge on any atom is 0.223 e. The standard InChI is InChI=1S/C20H26N4O3S/c1-14(20-21-16-6-4-5-7-17(16)28-20)22(3)18(26)8-9-19(27)24-12-10-23(11-13-24)15(2)25/h4-7,14H,8-13H2,1-3H3/t14-/m0/s1. The van der Waals surface area contributed by atoms with Crippen molar-refractivity contribution in [1.82, 2.24) is 19.7 Å². The van der Waals surface area contributed by atoms with Crippen LogP contribution in [0.5, 0.6) is 0 Å². The SMILES string of the molecule is CC(=O)N1CCN(C(=O)CCC(=O)N(C)[C@@H](C)c2nc3ccccc3s2)CC1. The van der Waals surface area contributed by atoms with Gasteiger partial charge in [0.2, 0.25) is 17.7 Å². The largest absolute Gasteiger partial charge is 0.339 e. The van der Waals surface area contributed by atoms with Gasteiger partial charge in [0, 0.05) is 53.0 Å². The first-order valence-corrected chi connectivity index (χ1v) is 10.3. The normalized spacial score (nSPS) is 15.5. The minimum atomic E-state index is -0.140. The van der Waals surface area contributed by atoms with Crippen LogP contribution in [0, 0.1) is 0 Å². The van der Waals surface area contributed by atoms with E-state index in [4.69, 9.17) is 0 Å². The second-order valence-electron chi connectivity index (χ2n) is 7.09. The Morgan fingerprint density at radius 1 is 1.11 bits per heavy atom. The summed E-state index contributed by atoms with van der Waals surface area (Å²) in [4.78, 5) is 46.1. The third kappa shape index (κ3) is 4.49. The minimum Gasteiger partial charge on any atom is -0.339 e. The van der Waals surface area contributed by atoms with Crippen molar-refractivity contribution in [1.29, 1.82) is 0 Å². The average molecular weight is 403 g/mol. The molecule has 0 unspecified atom stereocenters. The molecule has 0 saturated carbocycles. The Morgan fingerprint density at radius 3 is 2.39 bits per heavy atom. The Bertz CT molecular complexity index is 840. The van der Waals surface area contributed by atoms with Gasteiger partial charge in [0.25, 0.3) is 0 Å². The van der Waals surface area contributed by atoms with Crippen LogP contribution in [0.25, 0.3) is 10.2 Å². The third-order valence-electron chi connectivity index (χ3n) is 5.27. The Balaban J connectivity index is 1.51. The number of thiazole rings is 1. The van der Waals surface area contributed by atoms with Gasteiger partial charge in [-0.15, -0.1) is 11.3 Å². The summed E-state index contributed by atoms with van der Waals surface area (Å²) in [6.45, 7) is 5.68. The Labute approximate surface area is 168 Å². The van der Waals surface area contributed by atoms with Gasteiger partial charge in [0.1, 0.15) is 5.01 Å². The molecule has 7 nitrogen and oxygen atoms in total. The van der Waals surface area contributed by atoms with Gasteiger partial charge in [-0.25, -0.2) is 4.98 Å². The van der Waals surface area contributed by atoms with Crippen molar-refractivity contribution in [2.24, 2.45) is 0 Å². The van der Waals surface area contributed by atoms with Crippen LogP contribution in [-0.2, 0) is 14.4 Å². The van der Waals surface area contributed by atoms with Crippen molar-refractivity contribution >= 4 is 39.3 Å². The number of carbonyl (C=O) groups excluding carboxylic acids is 3. The zero-order valence-electron chi connectivity index (χ0n) is 16.6. The summed E-state index contributed by atoms with van der Waals surface area (Å²) < 4.78 is 1.10. The number of carbonyl (C=O) groups is 3. The number of nitrogens with zero attached hydrogens (tertiary/aromatic N) is 4. The molecule has 0 bridgehead atoms. The van der Waals surface area contributed by atoms with E-state index in [0.29, 0.717) is 26.2 Å². The highest BCUT2D eigenvalue weighted by molar-refractivity contribution is 7.18. The molecular weight excluding hydrogens is 376 g/mol. The van der Waals surface area contributed by atoms with Gasteiger partial charge < -0.3 is 14.7 Å². The number of hydrogen-bond donors (Lipinski definition) is 0. The first kappa shape index (κ1) is 20.3. The molecule has 2 heterocycles. The van der Waals surface area contributed by atoms with E-state index in [1.165, 1.54) is 0 Å². The molecule has 0 spiro atoms. The van der Waals surface area contributed by atoms with E-state index in [0.717, 1.165) is 15.2 Å². The fourth-order valence-electron chi connectivity index (χ4n) is 3.27. The predicted octanol–water partition coefficient (Wildman–Crippen LogP) is 2.29. The predicted molar refractivity (Wildman–Crippen MR) is 109 cm³/mol. The van der Waals surface area contributed by atoms with Crippen LogP contribution >= 0.6 is 11.3 Å². The molecule has 2 aromatic rings. The van der Waals surface area contributed by atoms with E-state index in [1.54, 1.807) is 40.0 Å². The lowest BCUT2D eigenvalue weighted by Gasteiger charge is -2.34. The molecule has 1 aromatic carbocycles. The van der Waals surface area contributed by atoms with Crippen LogP contribution in [0.2, 0.25) is 0 Å². The average Bonchev–Trinajstić information content (AvgIpc) is 3.14. The molecule has 3 amide bonds. The van der Waals surface area contributed by atoms with Crippen molar-refractivity contribution < 1.29 is 14.4 Å². The monoisotopic (exact) mass is 402 g/mol. The van der Waals surface area contributed by atoms with Crippen molar-refractivity contribution in [2.45, 2.75) is 32.7 Å². The number of aromatic nitrogens is 1. The van der Waals surface area contributed by atoms with E-state index in [-0.39, 0.29) is 36.6 Å². The van der Waals surface area contributed by atoms with Gasteiger partial charge in [0.05, 0.1) is 16.3 Å². The molecule has 0 N–H and O–H groups in total. The van der Waals surface area contributed by atoms with E-state index in [2.05, 4.69) is 4.98 Å². The summed E-state index contributed by atoms with van der Waals surface area (Å²) in [5.74, 6) is -0.0622. The Kier molecular flexibility index (Phi) is 6.28. The molecule has 1 atom stereocenters. The number of amides is 3. The lowest BCUT2D eigenvalue weighted by Crippen LogP contribution is -2.50. The van der Waals surface area contributed by atoms with Crippen molar-refractivity contribution in [3.8, 4) is 0 Å². The molecule has 1 aliphatic heterocycles. The zero-order chi connectivity index (χ0) is 20.3. The number of para-hydroxylation sites is 1. The van der Waals surface area contributed by atoms with Gasteiger partial charge in [-0.05, 0) is 19.1 Å². The van der Waals surface area contributed by atoms with Crippen molar-refractivity contribution in [2.75, 3.05) is 33.2 Å². The topological polar surface area (TPSA) is 73.8 Å². The summed E-state index contributed by atoms with van der Waals surface area (Å²) >= 11 is 1.59. The van der Waals surface area contributed by atoms with Gasteiger partial charge in [-0.2, -0.15) is 0 Å². The molecule has 1 saturated heterocycles. The number of hydrogen-bond acceptors (Lipinski definition) is 5. The van der Waals surface area contributed by atoms with Gasteiger partial charge in [-0.3, -0.25) is 14.4 Å². The maximum absolute atomic E-state index is 12.6. The van der Waals surface area contributed by atoms with Crippen LogP contribution < -0.4 is 0 Å². The summed E-state index contributed by atoms with van der Waals surface area (Å²) in [6.07, 6.45) is 0.368. The smallest absolute Gasteiger partial charge is 0.223 e. The molecule has 150 valence electrons. The molecule has 0 radical (unpaired) electrons. The highest BCUT2D eigenvalue weighted by Crippen LogP contribution is 2.29. The van der Waals surface area contributed by atoms with E-state index >= 15 is 0 Å². The van der Waals surface area contributed by atoms with Crippen molar-refractivity contribution in [3.63, 3.8) is 0 Å². The van der Waals surface area contributed by atoms with E-state index < -0.39 is 0 Å².